The molecule has 1 saturated heterocycles. The number of nitrogens with zero attached hydrogens (tertiary/aromatic N) is 3. The van der Waals surface area contributed by atoms with E-state index in [2.05, 4.69) is 17.1 Å². The topological polar surface area (TPSA) is 65.5 Å². The molecule has 1 aliphatic carbocycles. The lowest BCUT2D eigenvalue weighted by atomic mass is 9.84. The highest BCUT2D eigenvalue weighted by Gasteiger charge is 2.29. The highest BCUT2D eigenvalue weighted by molar-refractivity contribution is 6.09. The van der Waals surface area contributed by atoms with Crippen molar-refractivity contribution in [1.82, 2.24) is 20.1 Å². The Balaban J connectivity index is 1.58. The predicted octanol–water partition coefficient (Wildman–Crippen LogP) is 5.26. The van der Waals surface area contributed by atoms with Gasteiger partial charge in [-0.25, -0.2) is 4.98 Å². The maximum absolute atomic E-state index is 14.1. The number of likely N-dealkylation sites (N-methyl/N-ethyl adjacent to an activating group) is 1. The Morgan fingerprint density at radius 1 is 1.03 bits per heavy atom. The SMILES string of the molecule is CCN1CCN(Cc2c(-c3ccccc3)nc3ccccc3c2C(=O)N[C@@H](C)C2CCCCC2)CC1=O. The van der Waals surface area contributed by atoms with Gasteiger partial charge in [0.05, 0.1) is 23.3 Å². The number of hydrogen-bond donors (Lipinski definition) is 1. The van der Waals surface area contributed by atoms with Crippen LogP contribution in [0.2, 0.25) is 0 Å². The van der Waals surface area contributed by atoms with Crippen molar-refractivity contribution in [1.29, 1.82) is 0 Å². The van der Waals surface area contributed by atoms with Gasteiger partial charge < -0.3 is 10.2 Å². The number of pyridine rings is 1. The largest absolute Gasteiger partial charge is 0.349 e. The van der Waals surface area contributed by atoms with Crippen molar-refractivity contribution in [2.24, 2.45) is 5.92 Å². The zero-order valence-corrected chi connectivity index (χ0v) is 22.1. The summed E-state index contributed by atoms with van der Waals surface area (Å²) < 4.78 is 0. The molecule has 2 heterocycles. The van der Waals surface area contributed by atoms with Gasteiger partial charge in [0.15, 0.2) is 0 Å². The summed E-state index contributed by atoms with van der Waals surface area (Å²) in [6, 6.07) is 18.1. The van der Waals surface area contributed by atoms with E-state index in [1.165, 1.54) is 32.1 Å². The van der Waals surface area contributed by atoms with Crippen LogP contribution in [0.1, 0.15) is 61.9 Å². The Morgan fingerprint density at radius 3 is 2.49 bits per heavy atom. The van der Waals surface area contributed by atoms with Crippen LogP contribution >= 0.6 is 0 Å². The van der Waals surface area contributed by atoms with Gasteiger partial charge in [0.25, 0.3) is 5.91 Å². The molecule has 3 aromatic rings. The average molecular weight is 499 g/mol. The van der Waals surface area contributed by atoms with Crippen LogP contribution in [-0.4, -0.2) is 58.8 Å². The number of fused-ring (bicyclic) bond motifs is 1. The normalized spacial score (nSPS) is 18.2. The van der Waals surface area contributed by atoms with E-state index in [0.29, 0.717) is 31.1 Å². The highest BCUT2D eigenvalue weighted by Crippen LogP contribution is 2.33. The number of rotatable bonds is 7. The molecule has 0 spiro atoms. The van der Waals surface area contributed by atoms with Crippen LogP contribution in [0, 0.1) is 5.92 Å². The Morgan fingerprint density at radius 2 is 1.76 bits per heavy atom. The first-order valence-electron chi connectivity index (χ1n) is 13.8. The van der Waals surface area contributed by atoms with Crippen LogP contribution in [-0.2, 0) is 11.3 Å². The Labute approximate surface area is 220 Å². The molecule has 2 amide bonds. The lowest BCUT2D eigenvalue weighted by Gasteiger charge is -2.34. The number of benzene rings is 2. The quantitative estimate of drug-likeness (QED) is 0.482. The summed E-state index contributed by atoms with van der Waals surface area (Å²) in [4.78, 5) is 35.9. The third kappa shape index (κ3) is 5.54. The molecule has 0 unspecified atom stereocenters. The van der Waals surface area contributed by atoms with E-state index >= 15 is 0 Å². The minimum atomic E-state index is -0.0395. The van der Waals surface area contributed by atoms with Gasteiger partial charge in [-0.1, -0.05) is 67.8 Å². The number of hydrogen-bond acceptors (Lipinski definition) is 4. The first kappa shape index (κ1) is 25.4. The van der Waals surface area contributed by atoms with Crippen LogP contribution in [0.3, 0.4) is 0 Å². The number of piperazine rings is 1. The van der Waals surface area contributed by atoms with Crippen LogP contribution in [0.15, 0.2) is 54.6 Å². The molecular weight excluding hydrogens is 460 g/mol. The second-order valence-corrected chi connectivity index (χ2v) is 10.5. The molecule has 194 valence electrons. The molecule has 0 bridgehead atoms. The van der Waals surface area contributed by atoms with Crippen molar-refractivity contribution >= 4 is 22.7 Å². The van der Waals surface area contributed by atoms with Crippen LogP contribution in [0.5, 0.6) is 0 Å². The van der Waals surface area contributed by atoms with Gasteiger partial charge in [-0.2, -0.15) is 0 Å². The molecule has 6 nitrogen and oxygen atoms in total. The van der Waals surface area contributed by atoms with Gasteiger partial charge >= 0.3 is 0 Å². The van der Waals surface area contributed by atoms with Gasteiger partial charge in [-0.3, -0.25) is 14.5 Å². The van der Waals surface area contributed by atoms with E-state index in [4.69, 9.17) is 4.98 Å². The summed E-state index contributed by atoms with van der Waals surface area (Å²) in [7, 11) is 0. The molecule has 1 aliphatic heterocycles. The summed E-state index contributed by atoms with van der Waals surface area (Å²) in [6.45, 7) is 7.24. The first-order valence-corrected chi connectivity index (χ1v) is 13.8. The fourth-order valence-corrected chi connectivity index (χ4v) is 5.98. The molecule has 2 fully saturated rings. The Kier molecular flexibility index (Phi) is 7.85. The lowest BCUT2D eigenvalue weighted by Crippen LogP contribution is -2.49. The van der Waals surface area contributed by atoms with Crippen molar-refractivity contribution in [3.63, 3.8) is 0 Å². The van der Waals surface area contributed by atoms with Crippen molar-refractivity contribution in [2.75, 3.05) is 26.2 Å². The Bertz CT molecular complexity index is 1250. The number of para-hydroxylation sites is 1. The van der Waals surface area contributed by atoms with Gasteiger partial charge in [0.1, 0.15) is 0 Å². The minimum absolute atomic E-state index is 0.0395. The van der Waals surface area contributed by atoms with Crippen molar-refractivity contribution in [3.8, 4) is 11.3 Å². The Hall–Kier alpha value is -3.25. The third-order valence-electron chi connectivity index (χ3n) is 8.14. The molecule has 2 aliphatic rings. The third-order valence-corrected chi connectivity index (χ3v) is 8.14. The molecule has 2 aromatic carbocycles. The van der Waals surface area contributed by atoms with E-state index in [9.17, 15) is 9.59 Å². The van der Waals surface area contributed by atoms with E-state index in [0.717, 1.165) is 40.8 Å². The fourth-order valence-electron chi connectivity index (χ4n) is 5.98. The summed E-state index contributed by atoms with van der Waals surface area (Å²) in [5, 5.41) is 4.24. The zero-order valence-electron chi connectivity index (χ0n) is 22.1. The molecule has 1 saturated carbocycles. The number of carbonyl (C=O) groups excluding carboxylic acids is 2. The van der Waals surface area contributed by atoms with E-state index < -0.39 is 0 Å². The second kappa shape index (κ2) is 11.4. The number of aromatic nitrogens is 1. The predicted molar refractivity (Wildman–Crippen MR) is 148 cm³/mol. The summed E-state index contributed by atoms with van der Waals surface area (Å²) in [5.41, 5.74) is 4.21. The average Bonchev–Trinajstić information content (AvgIpc) is 2.93. The monoisotopic (exact) mass is 498 g/mol. The molecule has 1 aromatic heterocycles. The first-order chi connectivity index (χ1) is 18.0. The molecule has 5 rings (SSSR count). The van der Waals surface area contributed by atoms with Gasteiger partial charge in [-0.05, 0) is 38.7 Å². The van der Waals surface area contributed by atoms with Crippen LogP contribution in [0.4, 0.5) is 0 Å². The van der Waals surface area contributed by atoms with Crippen molar-refractivity contribution in [3.05, 3.63) is 65.7 Å². The molecule has 6 heteroatoms. The fraction of sp³-hybridized carbons (Fsp3) is 0.452. The molecule has 1 N–H and O–H groups in total. The minimum Gasteiger partial charge on any atom is -0.349 e. The standard InChI is InChI=1S/C31H38N4O2/c1-3-35-19-18-34(21-28(35)36)20-26-29(31(37)32-22(2)23-12-6-4-7-13-23)25-16-10-11-17-27(25)33-30(26)24-14-8-5-9-15-24/h5,8-11,14-17,22-23H,3-4,6-7,12-13,18-21H2,1-2H3,(H,32,37)/t22-/m0/s1. The summed E-state index contributed by atoms with van der Waals surface area (Å²) in [5.74, 6) is 0.616. The van der Waals surface area contributed by atoms with Crippen molar-refractivity contribution < 1.29 is 9.59 Å². The van der Waals surface area contributed by atoms with Crippen LogP contribution < -0.4 is 5.32 Å². The maximum Gasteiger partial charge on any atom is 0.252 e. The lowest BCUT2D eigenvalue weighted by molar-refractivity contribution is -0.135. The van der Waals surface area contributed by atoms with E-state index in [-0.39, 0.29) is 17.9 Å². The molecule has 0 radical (unpaired) electrons. The number of carbonyl (C=O) groups is 2. The summed E-state index contributed by atoms with van der Waals surface area (Å²) >= 11 is 0. The van der Waals surface area contributed by atoms with Gasteiger partial charge in [0.2, 0.25) is 5.91 Å². The summed E-state index contributed by atoms with van der Waals surface area (Å²) in [6.07, 6.45) is 6.12. The van der Waals surface area contributed by atoms with Gasteiger partial charge in [0, 0.05) is 48.7 Å². The smallest absolute Gasteiger partial charge is 0.252 e. The van der Waals surface area contributed by atoms with Crippen LogP contribution in [0.25, 0.3) is 22.2 Å². The number of nitrogens with one attached hydrogen (secondary N) is 1. The molecule has 37 heavy (non-hydrogen) atoms. The highest BCUT2D eigenvalue weighted by atomic mass is 16.2. The molecular formula is C31H38N4O2. The van der Waals surface area contributed by atoms with E-state index in [1.807, 2.05) is 66.4 Å². The van der Waals surface area contributed by atoms with E-state index in [1.54, 1.807) is 0 Å². The van der Waals surface area contributed by atoms with Crippen molar-refractivity contribution in [2.45, 2.75) is 58.5 Å². The maximum atomic E-state index is 14.1. The number of amides is 2. The van der Waals surface area contributed by atoms with Gasteiger partial charge in [-0.15, -0.1) is 0 Å². The zero-order chi connectivity index (χ0) is 25.8. The second-order valence-electron chi connectivity index (χ2n) is 10.5. The molecule has 1 atom stereocenters.